The summed E-state index contributed by atoms with van der Waals surface area (Å²) < 4.78 is 55.7. The van der Waals surface area contributed by atoms with Crippen LogP contribution in [0.25, 0.3) is 0 Å². The van der Waals surface area contributed by atoms with Crippen molar-refractivity contribution in [1.29, 1.82) is 0 Å². The number of hydrogen-bond donors (Lipinski definition) is 8. The summed E-state index contributed by atoms with van der Waals surface area (Å²) in [6.07, 6.45) is -3.79. The molecule has 0 saturated heterocycles. The molecule has 2 unspecified atom stereocenters. The Labute approximate surface area is 173 Å². The van der Waals surface area contributed by atoms with Gasteiger partial charge in [-0.2, -0.15) is 9.79 Å². The second-order valence-electron chi connectivity index (χ2n) is 6.31. The molecule has 178 valence electrons. The lowest BCUT2D eigenvalue weighted by molar-refractivity contribution is 0.208. The summed E-state index contributed by atoms with van der Waals surface area (Å²) in [5.41, 5.74) is 0. The highest BCUT2D eigenvalue weighted by Crippen LogP contribution is 2.40. The minimum Gasteiger partial charge on any atom is -0.324 e. The molecule has 0 aromatic carbocycles. The van der Waals surface area contributed by atoms with Gasteiger partial charge < -0.3 is 29.4 Å². The molecule has 0 heterocycles. The molecule has 0 radical (unpaired) electrons. The Bertz CT molecular complexity index is 695. The molecule has 21 heteroatoms. The van der Waals surface area contributed by atoms with Crippen LogP contribution in [0.3, 0.4) is 0 Å². The van der Waals surface area contributed by atoms with Crippen molar-refractivity contribution in [1.82, 2.24) is 14.7 Å². The Kier molecular flexibility index (Phi) is 13.4. The van der Waals surface area contributed by atoms with Gasteiger partial charge in [0.05, 0.1) is 0 Å². The average molecular weight is 539 g/mol. The fraction of sp³-hybridized carbons (Fsp3) is 1.00. The predicted molar refractivity (Wildman–Crippen MR) is 105 cm³/mol. The largest absolute Gasteiger partial charge is 0.521 e. The summed E-state index contributed by atoms with van der Waals surface area (Å²) in [6.45, 7) is -0.833. The first-order chi connectivity index (χ1) is 13.4. The van der Waals surface area contributed by atoms with Crippen molar-refractivity contribution >= 4 is 38.8 Å². The Balaban J connectivity index is 5.16. The smallest absolute Gasteiger partial charge is 0.324 e. The van der Waals surface area contributed by atoms with Gasteiger partial charge >= 0.3 is 38.8 Å². The molecule has 0 fully saturated rings. The van der Waals surface area contributed by atoms with Crippen molar-refractivity contribution < 1.29 is 62.0 Å². The highest BCUT2D eigenvalue weighted by atomic mass is 31.2. The first kappa shape index (κ1) is 30.4. The van der Waals surface area contributed by atoms with E-state index >= 15 is 0 Å². The van der Waals surface area contributed by atoms with Gasteiger partial charge in [-0.3, -0.25) is 23.5 Å². The van der Waals surface area contributed by atoms with Gasteiger partial charge in [-0.25, -0.2) is 4.90 Å². The van der Waals surface area contributed by atoms with Crippen LogP contribution in [0.5, 0.6) is 0 Å². The molecule has 0 spiro atoms. The van der Waals surface area contributed by atoms with E-state index in [1.165, 1.54) is 4.90 Å². The van der Waals surface area contributed by atoms with E-state index in [1.54, 1.807) is 0 Å². The zero-order valence-electron chi connectivity index (χ0n) is 15.6. The van der Waals surface area contributed by atoms with Gasteiger partial charge in [0.2, 0.25) is 12.6 Å². The van der Waals surface area contributed by atoms with E-state index < -0.39 is 70.3 Å². The van der Waals surface area contributed by atoms with Crippen LogP contribution in [-0.2, 0) is 22.8 Å². The third kappa shape index (κ3) is 19.2. The molecule has 0 saturated carbocycles. The average Bonchev–Trinajstić information content (AvgIpc) is 2.43. The molecule has 0 aliphatic rings. The third-order valence-electron chi connectivity index (χ3n) is 3.26. The van der Waals surface area contributed by atoms with E-state index in [0.717, 1.165) is 9.80 Å². The van der Waals surface area contributed by atoms with Gasteiger partial charge in [-0.05, 0) is 9.13 Å². The Morgan fingerprint density at radius 2 is 0.800 bits per heavy atom. The quantitative estimate of drug-likeness (QED) is 0.106. The number of rotatable bonds is 16. The zero-order chi connectivity index (χ0) is 23.8. The Morgan fingerprint density at radius 1 is 0.533 bits per heavy atom. The highest BCUT2D eigenvalue weighted by molar-refractivity contribution is 7.52. The molecular formula is C9H26N3O13P5+2. The second kappa shape index (κ2) is 13.2. The van der Waals surface area contributed by atoms with Crippen molar-refractivity contribution in [2.75, 3.05) is 57.6 Å². The van der Waals surface area contributed by atoms with Crippen molar-refractivity contribution in [3.8, 4) is 0 Å². The van der Waals surface area contributed by atoms with Gasteiger partial charge in [0.25, 0.3) is 0 Å². The summed E-state index contributed by atoms with van der Waals surface area (Å²) in [5.74, 6) is 0. The first-order valence-electron chi connectivity index (χ1n) is 7.94. The van der Waals surface area contributed by atoms with Gasteiger partial charge in [0, 0.05) is 26.2 Å². The van der Waals surface area contributed by atoms with E-state index in [4.69, 9.17) is 39.1 Å². The first-order valence-corrected chi connectivity index (χ1v) is 16.1. The lowest BCUT2D eigenvalue weighted by Gasteiger charge is -2.27. The van der Waals surface area contributed by atoms with E-state index in [9.17, 15) is 22.8 Å². The molecule has 0 bridgehead atoms. The van der Waals surface area contributed by atoms with Crippen LogP contribution in [0.15, 0.2) is 0 Å². The van der Waals surface area contributed by atoms with E-state index in [2.05, 4.69) is 0 Å². The van der Waals surface area contributed by atoms with E-state index in [0.29, 0.717) is 0 Å². The second-order valence-corrected chi connectivity index (χ2v) is 13.1. The lowest BCUT2D eigenvalue weighted by Crippen LogP contribution is -2.40. The fourth-order valence-electron chi connectivity index (χ4n) is 2.31. The summed E-state index contributed by atoms with van der Waals surface area (Å²) in [5, 5.41) is 0. The van der Waals surface area contributed by atoms with Crippen molar-refractivity contribution in [2.45, 2.75) is 0 Å². The van der Waals surface area contributed by atoms with Crippen molar-refractivity contribution in [3.05, 3.63) is 0 Å². The minimum absolute atomic E-state index is 0.134. The number of hydrogen-bond acceptors (Lipinski definition) is 8. The maximum atomic E-state index is 11.2. The summed E-state index contributed by atoms with van der Waals surface area (Å²) in [4.78, 5) is 75.4. The van der Waals surface area contributed by atoms with E-state index in [-0.39, 0.29) is 26.2 Å². The molecule has 16 nitrogen and oxygen atoms in total. The molecule has 0 amide bonds. The van der Waals surface area contributed by atoms with Gasteiger partial charge in [-0.15, -0.1) is 0 Å². The monoisotopic (exact) mass is 539 g/mol. The standard InChI is InChI=1S/C9H24N3O13P5/c13-26(14)5-10(1-3-11(6-27(15)16)7-28(17,18)19)2-4-12(8-29(20,21)22)9-30(23,24)25/h1-9H2,(H6-2,13,14,15,16,17,18,19,20,21,22,23,24,25)/p+2. The van der Waals surface area contributed by atoms with Crippen molar-refractivity contribution in [3.63, 3.8) is 0 Å². The highest BCUT2D eigenvalue weighted by Gasteiger charge is 2.29. The summed E-state index contributed by atoms with van der Waals surface area (Å²) in [6, 6.07) is 0. The molecule has 0 aromatic heterocycles. The summed E-state index contributed by atoms with van der Waals surface area (Å²) >= 11 is 0. The summed E-state index contributed by atoms with van der Waals surface area (Å²) in [7, 11) is -19.4. The molecule has 30 heavy (non-hydrogen) atoms. The molecule has 0 aromatic rings. The minimum atomic E-state index is -4.66. The molecule has 0 aliphatic heterocycles. The molecule has 0 aliphatic carbocycles. The van der Waals surface area contributed by atoms with Crippen molar-refractivity contribution in [2.24, 2.45) is 0 Å². The zero-order valence-corrected chi connectivity index (χ0v) is 20.0. The lowest BCUT2D eigenvalue weighted by atomic mass is 10.4. The van der Waals surface area contributed by atoms with E-state index in [1.807, 2.05) is 0 Å². The SMILES string of the molecule is O=[P+](O)CN(CCN(C[P+](=O)O)CP(=O)(O)O)CCN(CP(=O)(O)O)CP(=O)(O)O. The number of nitrogens with zero attached hydrogens (tertiary/aromatic N) is 3. The Morgan fingerprint density at radius 3 is 1.13 bits per heavy atom. The van der Waals surface area contributed by atoms with Gasteiger partial charge in [0.15, 0.2) is 0 Å². The predicted octanol–water partition coefficient (Wildman–Crippen LogP) is -1.32. The molecular weight excluding hydrogens is 513 g/mol. The molecule has 0 rings (SSSR count). The topological polar surface area (TPSA) is 257 Å². The van der Waals surface area contributed by atoms with Gasteiger partial charge in [-0.1, -0.05) is 0 Å². The molecule has 8 N–H and O–H groups in total. The normalized spacial score (nSPS) is 14.6. The Hall–Kier alpha value is 0.450. The van der Waals surface area contributed by atoms with Crippen LogP contribution in [0.2, 0.25) is 0 Å². The van der Waals surface area contributed by atoms with Crippen LogP contribution >= 0.6 is 38.8 Å². The van der Waals surface area contributed by atoms with Crippen LogP contribution < -0.4 is 0 Å². The van der Waals surface area contributed by atoms with Crippen LogP contribution in [0.4, 0.5) is 0 Å². The molecule has 2 atom stereocenters. The van der Waals surface area contributed by atoms with Crippen LogP contribution in [0, 0.1) is 0 Å². The fourth-order valence-corrected chi connectivity index (χ4v) is 6.13. The maximum Gasteiger partial charge on any atom is 0.521 e. The maximum absolute atomic E-state index is 11.2. The van der Waals surface area contributed by atoms with Gasteiger partial charge in [0.1, 0.15) is 18.9 Å². The third-order valence-corrected chi connectivity index (χ3v) is 6.85. The van der Waals surface area contributed by atoms with Crippen LogP contribution in [-0.4, -0.2) is 111 Å². The van der Waals surface area contributed by atoms with Crippen LogP contribution in [0.1, 0.15) is 0 Å².